The number of Topliss-reactive ketones (excluding diaryl/α,β-unsaturated/α-hetero) is 1. The first-order valence-electron chi connectivity index (χ1n) is 12.4. The first kappa shape index (κ1) is 24.9. The number of amides is 1. The van der Waals surface area contributed by atoms with Crippen molar-refractivity contribution in [1.82, 2.24) is 4.90 Å². The third-order valence-corrected chi connectivity index (χ3v) is 7.47. The highest BCUT2D eigenvalue weighted by molar-refractivity contribution is 6.46. The molecule has 0 bridgehead atoms. The van der Waals surface area contributed by atoms with Crippen molar-refractivity contribution in [3.63, 3.8) is 0 Å². The van der Waals surface area contributed by atoms with Gasteiger partial charge in [-0.2, -0.15) is 0 Å². The molecule has 1 aliphatic carbocycles. The number of nitrogens with zero attached hydrogens (tertiary/aromatic N) is 1. The average Bonchev–Trinajstić information content (AvgIpc) is 3.52. The first-order chi connectivity index (χ1) is 17.8. The Morgan fingerprint density at radius 2 is 1.76 bits per heavy atom. The van der Waals surface area contributed by atoms with E-state index in [0.717, 1.165) is 36.8 Å². The zero-order valence-electron chi connectivity index (χ0n) is 20.5. The fraction of sp³-hybridized carbons (Fsp3) is 0.267. The van der Waals surface area contributed by atoms with E-state index in [1.54, 1.807) is 35.2 Å². The smallest absolute Gasteiger partial charge is 0.295 e. The molecule has 0 radical (unpaired) electrons. The number of hydrogen-bond acceptors (Lipinski definition) is 5. The van der Waals surface area contributed by atoms with Crippen LogP contribution < -0.4 is 4.74 Å². The quantitative estimate of drug-likeness (QED) is 0.228. The van der Waals surface area contributed by atoms with Gasteiger partial charge in [-0.15, -0.1) is 0 Å². The maximum absolute atomic E-state index is 13.3. The van der Waals surface area contributed by atoms with Crippen molar-refractivity contribution >= 4 is 29.1 Å². The van der Waals surface area contributed by atoms with Crippen LogP contribution in [0.3, 0.4) is 0 Å². The standard InChI is InChI=1S/C30H28ClNO5/c1-18-15-21(12-14-25(18)37-17-19-7-3-2-4-8-19)28(34)26-27(20-11-13-24(33)23(31)16-20)32(30(36)29(26)35)22-9-5-6-10-22/h2-4,7-8,11-16,22,27,33-34H,5-6,9-10,17H2,1H3/b28-26-. The van der Waals surface area contributed by atoms with Crippen LogP contribution in [0, 0.1) is 6.92 Å². The number of hydrogen-bond donors (Lipinski definition) is 2. The highest BCUT2D eigenvalue weighted by Gasteiger charge is 2.49. The summed E-state index contributed by atoms with van der Waals surface area (Å²) in [5.41, 5.74) is 2.83. The molecule has 7 heteroatoms. The van der Waals surface area contributed by atoms with Gasteiger partial charge < -0.3 is 19.8 Å². The van der Waals surface area contributed by atoms with Gasteiger partial charge in [0.25, 0.3) is 11.7 Å². The number of aryl methyl sites for hydroxylation is 1. The Balaban J connectivity index is 1.53. The summed E-state index contributed by atoms with van der Waals surface area (Å²) in [5, 5.41) is 21.5. The van der Waals surface area contributed by atoms with Crippen molar-refractivity contribution in [2.75, 3.05) is 0 Å². The van der Waals surface area contributed by atoms with Crippen LogP contribution in [0.4, 0.5) is 0 Å². The fourth-order valence-electron chi connectivity index (χ4n) is 5.28. The molecule has 37 heavy (non-hydrogen) atoms. The molecule has 5 rings (SSSR count). The number of aromatic hydroxyl groups is 1. The van der Waals surface area contributed by atoms with Crippen LogP contribution >= 0.6 is 11.6 Å². The molecule has 2 aliphatic rings. The zero-order valence-corrected chi connectivity index (χ0v) is 21.2. The van der Waals surface area contributed by atoms with Crippen LogP contribution in [0.25, 0.3) is 5.76 Å². The molecule has 2 N–H and O–H groups in total. The van der Waals surface area contributed by atoms with E-state index in [2.05, 4.69) is 0 Å². The summed E-state index contributed by atoms with van der Waals surface area (Å²) < 4.78 is 5.96. The van der Waals surface area contributed by atoms with Gasteiger partial charge in [0.15, 0.2) is 0 Å². The SMILES string of the molecule is Cc1cc(/C(O)=C2/C(=O)C(=O)N(C3CCCC3)C2c2ccc(O)c(Cl)c2)ccc1OCc1ccccc1. The molecular formula is C30H28ClNO5. The molecule has 1 saturated heterocycles. The predicted octanol–water partition coefficient (Wildman–Crippen LogP) is 6.30. The van der Waals surface area contributed by atoms with Gasteiger partial charge in [-0.05, 0) is 66.8 Å². The number of ether oxygens (including phenoxy) is 1. The second-order valence-electron chi connectivity index (χ2n) is 9.61. The lowest BCUT2D eigenvalue weighted by Crippen LogP contribution is -2.37. The van der Waals surface area contributed by atoms with Gasteiger partial charge in [-0.25, -0.2) is 0 Å². The lowest BCUT2D eigenvalue weighted by Gasteiger charge is -2.31. The molecule has 0 spiro atoms. The fourth-order valence-corrected chi connectivity index (χ4v) is 5.47. The number of ketones is 1. The second-order valence-corrected chi connectivity index (χ2v) is 10.0. The summed E-state index contributed by atoms with van der Waals surface area (Å²) >= 11 is 6.20. The van der Waals surface area contributed by atoms with Crippen molar-refractivity contribution in [1.29, 1.82) is 0 Å². The van der Waals surface area contributed by atoms with Gasteiger partial charge in [0.05, 0.1) is 16.6 Å². The van der Waals surface area contributed by atoms with Gasteiger partial charge in [0, 0.05) is 11.6 Å². The maximum Gasteiger partial charge on any atom is 0.295 e. The molecule has 1 saturated carbocycles. The molecule has 1 atom stereocenters. The number of benzene rings is 3. The number of rotatable bonds is 6. The monoisotopic (exact) mass is 517 g/mol. The molecule has 190 valence electrons. The van der Waals surface area contributed by atoms with Crippen molar-refractivity contribution in [2.24, 2.45) is 0 Å². The molecule has 0 aromatic heterocycles. The maximum atomic E-state index is 13.3. The highest BCUT2D eigenvalue weighted by Crippen LogP contribution is 2.44. The molecule has 1 heterocycles. The van der Waals surface area contributed by atoms with Gasteiger partial charge >= 0.3 is 0 Å². The number of carbonyl (C=O) groups excluding carboxylic acids is 2. The molecule has 1 unspecified atom stereocenters. The number of phenols is 1. The lowest BCUT2D eigenvalue weighted by atomic mass is 9.94. The van der Waals surface area contributed by atoms with Crippen molar-refractivity contribution in [3.05, 3.63) is 99.6 Å². The Kier molecular flexibility index (Phi) is 6.94. The number of carbonyl (C=O) groups is 2. The number of aliphatic hydroxyl groups excluding tert-OH is 1. The Labute approximate surface area is 220 Å². The number of likely N-dealkylation sites (tertiary alicyclic amines) is 1. The minimum atomic E-state index is -0.796. The van der Waals surface area contributed by atoms with E-state index < -0.39 is 17.7 Å². The predicted molar refractivity (Wildman–Crippen MR) is 141 cm³/mol. The van der Waals surface area contributed by atoms with E-state index in [-0.39, 0.29) is 28.1 Å². The van der Waals surface area contributed by atoms with E-state index in [1.165, 1.54) is 6.07 Å². The molecular weight excluding hydrogens is 490 g/mol. The normalized spacial score (nSPS) is 19.5. The van der Waals surface area contributed by atoms with Crippen molar-refractivity contribution < 1.29 is 24.5 Å². The number of phenolic OH excluding ortho intramolecular Hbond substituents is 1. The lowest BCUT2D eigenvalue weighted by molar-refractivity contribution is -0.141. The van der Waals surface area contributed by atoms with Crippen LogP contribution in [0.1, 0.15) is 54.0 Å². The third-order valence-electron chi connectivity index (χ3n) is 7.17. The molecule has 3 aromatic rings. The topological polar surface area (TPSA) is 87.1 Å². The Bertz CT molecular complexity index is 1380. The highest BCUT2D eigenvalue weighted by atomic mass is 35.5. The van der Waals surface area contributed by atoms with Crippen LogP contribution in [0.15, 0.2) is 72.3 Å². The van der Waals surface area contributed by atoms with Crippen molar-refractivity contribution in [3.8, 4) is 11.5 Å². The van der Waals surface area contributed by atoms with Crippen LogP contribution in [-0.4, -0.2) is 32.8 Å². The zero-order chi connectivity index (χ0) is 26.1. The largest absolute Gasteiger partial charge is 0.507 e. The Hall–Kier alpha value is -3.77. The first-order valence-corrected chi connectivity index (χ1v) is 12.8. The minimum Gasteiger partial charge on any atom is -0.507 e. The Morgan fingerprint density at radius 3 is 2.43 bits per heavy atom. The Morgan fingerprint density at radius 1 is 1.03 bits per heavy atom. The van der Waals surface area contributed by atoms with E-state index in [1.807, 2.05) is 37.3 Å². The van der Waals surface area contributed by atoms with Crippen LogP contribution in [-0.2, 0) is 16.2 Å². The summed E-state index contributed by atoms with van der Waals surface area (Å²) in [6, 6.07) is 18.7. The minimum absolute atomic E-state index is 0.0241. The van der Waals surface area contributed by atoms with Crippen LogP contribution in [0.5, 0.6) is 11.5 Å². The van der Waals surface area contributed by atoms with Crippen LogP contribution in [0.2, 0.25) is 5.02 Å². The second kappa shape index (κ2) is 10.3. The van der Waals surface area contributed by atoms with Gasteiger partial charge in [0.1, 0.15) is 23.9 Å². The van der Waals surface area contributed by atoms with Gasteiger partial charge in [0.2, 0.25) is 0 Å². The molecule has 2 fully saturated rings. The van der Waals surface area contributed by atoms with E-state index in [4.69, 9.17) is 16.3 Å². The van der Waals surface area contributed by atoms with Crippen molar-refractivity contribution in [2.45, 2.75) is 51.3 Å². The van der Waals surface area contributed by atoms with E-state index >= 15 is 0 Å². The molecule has 3 aromatic carbocycles. The summed E-state index contributed by atoms with van der Waals surface area (Å²) in [5.74, 6) is -1.02. The number of halogens is 1. The van der Waals surface area contributed by atoms with Gasteiger partial charge in [-0.1, -0.05) is 60.8 Å². The summed E-state index contributed by atoms with van der Waals surface area (Å²) in [4.78, 5) is 28.2. The summed E-state index contributed by atoms with van der Waals surface area (Å²) in [6.45, 7) is 2.27. The molecule has 1 amide bonds. The molecule has 6 nitrogen and oxygen atoms in total. The molecule has 1 aliphatic heterocycles. The van der Waals surface area contributed by atoms with Gasteiger partial charge in [-0.3, -0.25) is 9.59 Å². The summed E-state index contributed by atoms with van der Waals surface area (Å²) in [6.07, 6.45) is 3.53. The average molecular weight is 518 g/mol. The number of aliphatic hydroxyl groups is 1. The summed E-state index contributed by atoms with van der Waals surface area (Å²) in [7, 11) is 0. The van der Waals surface area contributed by atoms with E-state index in [9.17, 15) is 19.8 Å². The third kappa shape index (κ3) is 4.81. The van der Waals surface area contributed by atoms with E-state index in [0.29, 0.717) is 23.5 Å².